The Bertz CT molecular complexity index is 1260. The molecule has 3 N–H and O–H groups in total. The van der Waals surface area contributed by atoms with Gasteiger partial charge in [0.2, 0.25) is 5.91 Å². The highest BCUT2D eigenvalue weighted by atomic mass is 35.5. The predicted molar refractivity (Wildman–Crippen MR) is 134 cm³/mol. The van der Waals surface area contributed by atoms with E-state index in [0.717, 1.165) is 0 Å². The fraction of sp³-hybridized carbons (Fsp3) is 0.360. The third kappa shape index (κ3) is 4.98. The van der Waals surface area contributed by atoms with Crippen molar-refractivity contribution in [3.8, 4) is 6.07 Å². The van der Waals surface area contributed by atoms with E-state index in [9.17, 15) is 14.9 Å². The largest absolute Gasteiger partial charge is 0.378 e. The Morgan fingerprint density at radius 1 is 1.34 bits per heavy atom. The number of aliphatic imine (C=N–C) groups is 1. The molecule has 2 aliphatic heterocycles. The Hall–Kier alpha value is -3.12. The second-order valence-corrected chi connectivity index (χ2v) is 9.76. The van der Waals surface area contributed by atoms with Crippen molar-refractivity contribution in [2.24, 2.45) is 10.7 Å². The van der Waals surface area contributed by atoms with Crippen molar-refractivity contribution >= 4 is 46.7 Å². The Balaban J connectivity index is 1.61. The number of hydrogen-bond acceptors (Lipinski definition) is 6. The number of rotatable bonds is 4. The first-order valence-electron chi connectivity index (χ1n) is 11.2. The number of carbonyl (C=O) groups is 2. The molecule has 2 aliphatic rings. The number of hydrogen-bond donors (Lipinski definition) is 2. The van der Waals surface area contributed by atoms with E-state index in [1.54, 1.807) is 30.0 Å². The van der Waals surface area contributed by atoms with E-state index in [0.29, 0.717) is 30.7 Å². The van der Waals surface area contributed by atoms with Crippen LogP contribution >= 0.6 is 23.2 Å². The molecular formula is C25H25Cl2N5O3. The maximum absolute atomic E-state index is 13.2. The molecule has 0 spiro atoms. The number of amides is 2. The number of nitrogens with two attached hydrogens (primary N) is 1. The molecule has 0 aliphatic carbocycles. The number of nitrogens with one attached hydrogen (secondary N) is 1. The van der Waals surface area contributed by atoms with Crippen LogP contribution in [0, 0.1) is 11.3 Å². The van der Waals surface area contributed by atoms with Gasteiger partial charge in [0.25, 0.3) is 5.91 Å². The number of anilines is 1. The number of benzene rings is 2. The summed E-state index contributed by atoms with van der Waals surface area (Å²) in [5, 5.41) is 12.5. The van der Waals surface area contributed by atoms with Crippen LogP contribution in [0.25, 0.3) is 0 Å². The van der Waals surface area contributed by atoms with E-state index in [2.05, 4.69) is 5.32 Å². The smallest absolute Gasteiger partial charge is 0.255 e. The van der Waals surface area contributed by atoms with E-state index in [1.165, 1.54) is 18.2 Å². The van der Waals surface area contributed by atoms with Gasteiger partial charge in [-0.25, -0.2) is 4.99 Å². The molecule has 4 rings (SSSR count). The van der Waals surface area contributed by atoms with Crippen molar-refractivity contribution in [1.82, 2.24) is 4.90 Å². The number of ether oxygens (including phenoxy) is 1. The van der Waals surface area contributed by atoms with Crippen molar-refractivity contribution in [2.45, 2.75) is 50.8 Å². The van der Waals surface area contributed by atoms with E-state index in [4.69, 9.17) is 38.7 Å². The molecular weight excluding hydrogens is 489 g/mol. The molecule has 2 amide bonds. The molecule has 3 atom stereocenters. The first-order valence-corrected chi connectivity index (χ1v) is 12.0. The van der Waals surface area contributed by atoms with Gasteiger partial charge in [-0.05, 0) is 51.0 Å². The zero-order valence-electron chi connectivity index (χ0n) is 19.3. The number of carbonyl (C=O) groups excluding carboxylic acids is 2. The summed E-state index contributed by atoms with van der Waals surface area (Å²) in [6, 6.07) is 11.5. The summed E-state index contributed by atoms with van der Waals surface area (Å²) in [7, 11) is 0. The second kappa shape index (κ2) is 9.86. The summed E-state index contributed by atoms with van der Waals surface area (Å²) in [6.07, 6.45) is 1.52. The van der Waals surface area contributed by atoms with Gasteiger partial charge in [-0.1, -0.05) is 35.3 Å². The highest BCUT2D eigenvalue weighted by Crippen LogP contribution is 2.41. The minimum Gasteiger partial charge on any atom is -0.378 e. The third-order valence-electron chi connectivity index (χ3n) is 6.37. The molecule has 2 heterocycles. The van der Waals surface area contributed by atoms with Gasteiger partial charge in [-0.3, -0.25) is 14.5 Å². The molecule has 2 aromatic rings. The number of nitrogens with zero attached hydrogens (tertiary/aromatic N) is 3. The average Bonchev–Trinajstić information content (AvgIpc) is 2.80. The van der Waals surface area contributed by atoms with Gasteiger partial charge in [-0.15, -0.1) is 0 Å². The number of halogens is 2. The minimum atomic E-state index is -0.999. The Labute approximate surface area is 213 Å². The Kier molecular flexibility index (Phi) is 7.04. The first-order chi connectivity index (χ1) is 16.6. The van der Waals surface area contributed by atoms with Crippen molar-refractivity contribution in [2.75, 3.05) is 11.9 Å². The lowest BCUT2D eigenvalue weighted by molar-refractivity contribution is -0.133. The zero-order chi connectivity index (χ0) is 25.3. The quantitative estimate of drug-likeness (QED) is 0.625. The van der Waals surface area contributed by atoms with Gasteiger partial charge >= 0.3 is 0 Å². The van der Waals surface area contributed by atoms with Crippen LogP contribution in [0.4, 0.5) is 5.69 Å². The summed E-state index contributed by atoms with van der Waals surface area (Å²) >= 11 is 12.7. The zero-order valence-corrected chi connectivity index (χ0v) is 20.9. The van der Waals surface area contributed by atoms with Crippen LogP contribution in [0.3, 0.4) is 0 Å². The van der Waals surface area contributed by atoms with Crippen LogP contribution in [0.1, 0.15) is 54.6 Å². The molecule has 1 saturated heterocycles. The van der Waals surface area contributed by atoms with Crippen LogP contribution in [-0.2, 0) is 15.1 Å². The van der Waals surface area contributed by atoms with Crippen LogP contribution in [0.15, 0.2) is 41.4 Å². The molecule has 0 saturated carbocycles. The van der Waals surface area contributed by atoms with Crippen LogP contribution in [-0.4, -0.2) is 41.4 Å². The van der Waals surface area contributed by atoms with Gasteiger partial charge in [0.1, 0.15) is 6.07 Å². The molecule has 0 bridgehead atoms. The van der Waals surface area contributed by atoms with E-state index >= 15 is 0 Å². The van der Waals surface area contributed by atoms with Crippen LogP contribution in [0.2, 0.25) is 10.0 Å². The van der Waals surface area contributed by atoms with Gasteiger partial charge in [0.15, 0.2) is 5.96 Å². The molecule has 182 valence electrons. The predicted octanol–water partition coefficient (Wildman–Crippen LogP) is 4.45. The molecule has 35 heavy (non-hydrogen) atoms. The number of guanidine groups is 1. The third-order valence-corrected chi connectivity index (χ3v) is 7.11. The summed E-state index contributed by atoms with van der Waals surface area (Å²) in [5.74, 6) is -0.432. The van der Waals surface area contributed by atoms with Crippen LogP contribution < -0.4 is 11.1 Å². The lowest BCUT2D eigenvalue weighted by Gasteiger charge is -2.41. The standard InChI is InChI=1S/C25H25Cl2N5O3/c1-14-10-17(8-9-35-14)32-21(33)12-25(2,31-24(32)29)18-4-3-5-20(22(18)27)30-23(34)15-6-7-19(26)16(11-15)13-28/h3-7,11,14,17H,8-10,12H2,1-2H3,(H2,29,31)(H,30,34)/t14-,17-,25+/m1/s1. The normalized spacial score (nSPS) is 24.5. The van der Waals surface area contributed by atoms with E-state index in [-0.39, 0.29) is 51.6 Å². The number of nitriles is 1. The van der Waals surface area contributed by atoms with Gasteiger partial charge < -0.3 is 15.8 Å². The minimum absolute atomic E-state index is 0.0438. The molecule has 0 aromatic heterocycles. The lowest BCUT2D eigenvalue weighted by Crippen LogP contribution is -2.56. The Morgan fingerprint density at radius 3 is 2.80 bits per heavy atom. The summed E-state index contributed by atoms with van der Waals surface area (Å²) in [5.41, 5.74) is 6.69. The summed E-state index contributed by atoms with van der Waals surface area (Å²) in [6.45, 7) is 4.34. The summed E-state index contributed by atoms with van der Waals surface area (Å²) in [4.78, 5) is 32.3. The fourth-order valence-electron chi connectivity index (χ4n) is 4.60. The Morgan fingerprint density at radius 2 is 2.11 bits per heavy atom. The van der Waals surface area contributed by atoms with Crippen molar-refractivity contribution < 1.29 is 14.3 Å². The molecule has 8 nitrogen and oxygen atoms in total. The molecule has 0 radical (unpaired) electrons. The maximum atomic E-state index is 13.2. The van der Waals surface area contributed by atoms with Crippen molar-refractivity contribution in [1.29, 1.82) is 5.26 Å². The molecule has 0 unspecified atom stereocenters. The van der Waals surface area contributed by atoms with Crippen molar-refractivity contribution in [3.05, 3.63) is 63.1 Å². The van der Waals surface area contributed by atoms with Gasteiger partial charge in [0, 0.05) is 23.8 Å². The topological polar surface area (TPSA) is 121 Å². The SMILES string of the molecule is C[C@@H]1C[C@H](N2C(=O)C[C@@](C)(c3cccc(NC(=O)c4ccc(Cl)c(C#N)c4)c3Cl)N=C2N)CCO1. The summed E-state index contributed by atoms with van der Waals surface area (Å²) < 4.78 is 5.60. The van der Waals surface area contributed by atoms with E-state index < -0.39 is 11.4 Å². The fourth-order valence-corrected chi connectivity index (χ4v) is 5.14. The molecule has 2 aromatic carbocycles. The molecule has 10 heteroatoms. The monoisotopic (exact) mass is 513 g/mol. The van der Waals surface area contributed by atoms with Gasteiger partial charge in [-0.2, -0.15) is 5.26 Å². The molecule has 1 fully saturated rings. The second-order valence-electron chi connectivity index (χ2n) is 8.97. The lowest BCUT2D eigenvalue weighted by atomic mass is 9.86. The maximum Gasteiger partial charge on any atom is 0.255 e. The first kappa shape index (κ1) is 25.0. The highest BCUT2D eigenvalue weighted by Gasteiger charge is 2.42. The average molecular weight is 514 g/mol. The van der Waals surface area contributed by atoms with Gasteiger partial charge in [0.05, 0.1) is 39.4 Å². The van der Waals surface area contributed by atoms with Crippen molar-refractivity contribution in [3.63, 3.8) is 0 Å². The van der Waals surface area contributed by atoms with Crippen LogP contribution in [0.5, 0.6) is 0 Å². The van der Waals surface area contributed by atoms with E-state index in [1.807, 2.05) is 13.0 Å². The highest BCUT2D eigenvalue weighted by molar-refractivity contribution is 6.35.